The molecule has 8 nitrogen and oxygen atoms in total. The van der Waals surface area contributed by atoms with Crippen molar-refractivity contribution in [1.82, 2.24) is 9.97 Å². The lowest BCUT2D eigenvalue weighted by atomic mass is 9.96. The average molecular weight is 444 g/mol. The van der Waals surface area contributed by atoms with Crippen LogP contribution in [0.25, 0.3) is 0 Å². The van der Waals surface area contributed by atoms with Gasteiger partial charge in [0, 0.05) is 31.4 Å². The molecule has 0 saturated carbocycles. The van der Waals surface area contributed by atoms with Gasteiger partial charge in [-0.25, -0.2) is 18.4 Å². The van der Waals surface area contributed by atoms with Gasteiger partial charge in [0.15, 0.2) is 0 Å². The standard InChI is InChI=1S/C18H19F3N4O4S/c1-29-15-4-3-13(30(27,28)18(19,20)21)11-14(15)24-16(26)12-5-9-25(10-6-12)17-22-7-2-8-23-17/h2-4,7-8,11-12H,5-6,9-10H2,1H3,(H,24,26). The molecular formula is C18H19F3N4O4S. The summed E-state index contributed by atoms with van der Waals surface area (Å²) < 4.78 is 66.9. The van der Waals surface area contributed by atoms with E-state index in [4.69, 9.17) is 4.74 Å². The van der Waals surface area contributed by atoms with Gasteiger partial charge in [0.05, 0.1) is 17.7 Å². The number of aromatic nitrogens is 2. The van der Waals surface area contributed by atoms with Crippen molar-refractivity contribution in [2.24, 2.45) is 5.92 Å². The van der Waals surface area contributed by atoms with Gasteiger partial charge in [0.25, 0.3) is 9.84 Å². The zero-order valence-electron chi connectivity index (χ0n) is 15.9. The molecular weight excluding hydrogens is 425 g/mol. The minimum absolute atomic E-state index is 0.0552. The maximum absolute atomic E-state index is 12.8. The summed E-state index contributed by atoms with van der Waals surface area (Å²) in [5, 5.41) is 2.50. The molecule has 30 heavy (non-hydrogen) atoms. The van der Waals surface area contributed by atoms with Gasteiger partial charge in [-0.1, -0.05) is 0 Å². The molecule has 2 aromatic rings. The van der Waals surface area contributed by atoms with E-state index in [9.17, 15) is 26.4 Å². The van der Waals surface area contributed by atoms with E-state index in [1.165, 1.54) is 7.11 Å². The van der Waals surface area contributed by atoms with Crippen LogP contribution in [0.4, 0.5) is 24.8 Å². The summed E-state index contributed by atoms with van der Waals surface area (Å²) in [4.78, 5) is 21.9. The molecule has 1 N–H and O–H groups in total. The minimum Gasteiger partial charge on any atom is -0.495 e. The highest BCUT2D eigenvalue weighted by molar-refractivity contribution is 7.92. The van der Waals surface area contributed by atoms with Gasteiger partial charge in [0.1, 0.15) is 5.75 Å². The highest BCUT2D eigenvalue weighted by atomic mass is 32.2. The number of amides is 1. The highest BCUT2D eigenvalue weighted by Gasteiger charge is 2.47. The van der Waals surface area contributed by atoms with Gasteiger partial charge in [-0.3, -0.25) is 4.79 Å². The Hall–Kier alpha value is -2.89. The molecule has 1 aliphatic heterocycles. The Balaban J connectivity index is 1.73. The summed E-state index contributed by atoms with van der Waals surface area (Å²) >= 11 is 0. The van der Waals surface area contributed by atoms with Crippen LogP contribution in [0.3, 0.4) is 0 Å². The third-order valence-corrected chi connectivity index (χ3v) is 6.23. The van der Waals surface area contributed by atoms with Gasteiger partial charge in [-0.2, -0.15) is 13.2 Å². The quantitative estimate of drug-likeness (QED) is 0.757. The van der Waals surface area contributed by atoms with Gasteiger partial charge >= 0.3 is 5.51 Å². The number of piperidine rings is 1. The summed E-state index contributed by atoms with van der Waals surface area (Å²) in [7, 11) is -4.28. The predicted octanol–water partition coefficient (Wildman–Crippen LogP) is 2.63. The van der Waals surface area contributed by atoms with Crippen LogP contribution in [0.1, 0.15) is 12.8 Å². The van der Waals surface area contributed by atoms with Crippen molar-refractivity contribution in [2.75, 3.05) is 30.4 Å². The first-order chi connectivity index (χ1) is 14.1. The number of benzene rings is 1. The predicted molar refractivity (Wildman–Crippen MR) is 102 cm³/mol. The van der Waals surface area contributed by atoms with Crippen LogP contribution >= 0.6 is 0 Å². The number of hydrogen-bond donors (Lipinski definition) is 1. The zero-order chi connectivity index (χ0) is 21.9. The van der Waals surface area contributed by atoms with Crippen molar-refractivity contribution < 1.29 is 31.1 Å². The number of rotatable bonds is 5. The van der Waals surface area contributed by atoms with E-state index in [2.05, 4.69) is 15.3 Å². The Morgan fingerprint density at radius 3 is 2.40 bits per heavy atom. The fraction of sp³-hybridized carbons (Fsp3) is 0.389. The van der Waals surface area contributed by atoms with Crippen LogP contribution in [-0.2, 0) is 14.6 Å². The summed E-state index contributed by atoms with van der Waals surface area (Å²) in [6.45, 7) is 1.06. The maximum atomic E-state index is 12.8. The number of carbonyl (C=O) groups is 1. The maximum Gasteiger partial charge on any atom is 0.501 e. The molecule has 1 aromatic heterocycles. The largest absolute Gasteiger partial charge is 0.501 e. The zero-order valence-corrected chi connectivity index (χ0v) is 16.7. The number of nitrogens with zero attached hydrogens (tertiary/aromatic N) is 3. The Bertz CT molecular complexity index is 1010. The topological polar surface area (TPSA) is 101 Å². The number of anilines is 2. The second-order valence-corrected chi connectivity index (χ2v) is 8.55. The molecule has 1 amide bonds. The molecule has 0 aliphatic carbocycles. The summed E-state index contributed by atoms with van der Waals surface area (Å²) in [5.41, 5.74) is -5.59. The van der Waals surface area contributed by atoms with E-state index in [1.807, 2.05) is 4.90 Å². The molecule has 0 spiro atoms. The van der Waals surface area contributed by atoms with E-state index in [1.54, 1.807) is 18.5 Å². The van der Waals surface area contributed by atoms with Crippen molar-refractivity contribution in [2.45, 2.75) is 23.2 Å². The second kappa shape index (κ2) is 8.46. The highest BCUT2D eigenvalue weighted by Crippen LogP contribution is 2.35. The monoisotopic (exact) mass is 444 g/mol. The van der Waals surface area contributed by atoms with Gasteiger partial charge in [-0.15, -0.1) is 0 Å². The fourth-order valence-electron chi connectivity index (χ4n) is 3.12. The molecule has 0 bridgehead atoms. The molecule has 12 heteroatoms. The lowest BCUT2D eigenvalue weighted by molar-refractivity contribution is -0.120. The van der Waals surface area contributed by atoms with Crippen LogP contribution < -0.4 is 15.0 Å². The Morgan fingerprint density at radius 2 is 1.83 bits per heavy atom. The average Bonchev–Trinajstić information content (AvgIpc) is 2.73. The van der Waals surface area contributed by atoms with E-state index in [-0.39, 0.29) is 11.4 Å². The van der Waals surface area contributed by atoms with Crippen molar-refractivity contribution >= 4 is 27.4 Å². The first-order valence-electron chi connectivity index (χ1n) is 8.95. The van der Waals surface area contributed by atoms with Crippen LogP contribution in [0.15, 0.2) is 41.6 Å². The lowest BCUT2D eigenvalue weighted by Crippen LogP contribution is -2.39. The Kier molecular flexibility index (Phi) is 6.15. The first kappa shape index (κ1) is 21.8. The van der Waals surface area contributed by atoms with E-state index >= 15 is 0 Å². The molecule has 162 valence electrons. The summed E-state index contributed by atoms with van der Waals surface area (Å²) in [5.74, 6) is -0.219. The molecule has 1 saturated heterocycles. The Morgan fingerprint density at radius 1 is 1.20 bits per heavy atom. The molecule has 2 heterocycles. The first-order valence-corrected chi connectivity index (χ1v) is 10.4. The Labute approximate surface area is 171 Å². The molecule has 0 unspecified atom stereocenters. The normalized spacial score (nSPS) is 15.7. The number of nitrogens with one attached hydrogen (secondary N) is 1. The van der Waals surface area contributed by atoms with E-state index in [0.29, 0.717) is 31.9 Å². The molecule has 0 atom stereocenters. The number of hydrogen-bond acceptors (Lipinski definition) is 7. The summed E-state index contributed by atoms with van der Waals surface area (Å²) in [6, 6.07) is 4.32. The number of sulfone groups is 1. The number of carbonyl (C=O) groups excluding carboxylic acids is 1. The third-order valence-electron chi connectivity index (χ3n) is 4.74. The van der Waals surface area contributed by atoms with E-state index in [0.717, 1.165) is 18.2 Å². The molecule has 1 aliphatic rings. The van der Waals surface area contributed by atoms with Crippen LogP contribution in [0.2, 0.25) is 0 Å². The number of halogens is 3. The molecule has 1 aromatic carbocycles. The van der Waals surface area contributed by atoms with Crippen LogP contribution in [0, 0.1) is 5.92 Å². The second-order valence-electron chi connectivity index (χ2n) is 6.61. The van der Waals surface area contributed by atoms with Crippen LogP contribution in [0.5, 0.6) is 5.75 Å². The molecule has 3 rings (SSSR count). The number of alkyl halides is 3. The molecule has 1 fully saturated rings. The van der Waals surface area contributed by atoms with E-state index < -0.39 is 32.1 Å². The number of ether oxygens (including phenoxy) is 1. The number of methoxy groups -OCH3 is 1. The van der Waals surface area contributed by atoms with Crippen molar-refractivity contribution in [3.8, 4) is 5.75 Å². The lowest BCUT2D eigenvalue weighted by Gasteiger charge is -2.31. The summed E-state index contributed by atoms with van der Waals surface area (Å²) in [6.07, 6.45) is 4.20. The fourth-order valence-corrected chi connectivity index (χ4v) is 3.90. The smallest absolute Gasteiger partial charge is 0.495 e. The van der Waals surface area contributed by atoms with Crippen molar-refractivity contribution in [1.29, 1.82) is 0 Å². The van der Waals surface area contributed by atoms with Crippen LogP contribution in [-0.4, -0.2) is 50.0 Å². The van der Waals surface area contributed by atoms with Crippen molar-refractivity contribution in [3.63, 3.8) is 0 Å². The van der Waals surface area contributed by atoms with Gasteiger partial charge in [0.2, 0.25) is 11.9 Å². The molecule has 0 radical (unpaired) electrons. The van der Waals surface area contributed by atoms with Gasteiger partial charge < -0.3 is 15.0 Å². The van der Waals surface area contributed by atoms with Crippen molar-refractivity contribution in [3.05, 3.63) is 36.7 Å². The third kappa shape index (κ3) is 4.48. The SMILES string of the molecule is COc1ccc(S(=O)(=O)C(F)(F)F)cc1NC(=O)C1CCN(c2ncccn2)CC1. The minimum atomic E-state index is -5.55. The van der Waals surface area contributed by atoms with Gasteiger partial charge in [-0.05, 0) is 37.1 Å².